The van der Waals surface area contributed by atoms with Crippen molar-refractivity contribution in [1.29, 1.82) is 0 Å². The highest BCUT2D eigenvalue weighted by molar-refractivity contribution is 7.16. The molecule has 102 valence electrons. The van der Waals surface area contributed by atoms with E-state index in [4.69, 9.17) is 0 Å². The van der Waals surface area contributed by atoms with Gasteiger partial charge in [-0.05, 0) is 6.08 Å². The minimum Gasteiger partial charge on any atom is -0.352 e. The van der Waals surface area contributed by atoms with Crippen LogP contribution in [0.15, 0.2) is 11.0 Å². The molecule has 0 unspecified atom stereocenters. The molecule has 2 heterocycles. The third-order valence-corrected chi connectivity index (χ3v) is 3.72. The molecule has 0 aliphatic heterocycles. The first-order chi connectivity index (χ1) is 8.83. The second-order valence-electron chi connectivity index (χ2n) is 3.52. The molecule has 0 aromatic carbocycles. The van der Waals surface area contributed by atoms with Gasteiger partial charge in [-0.15, -0.1) is 11.3 Å². The Hall–Kier alpha value is -1.61. The predicted molar refractivity (Wildman–Crippen MR) is 69.9 cm³/mol. The monoisotopic (exact) mass is 307 g/mol. The molecule has 0 spiro atoms. The molecule has 9 heteroatoms. The number of hydrogen-bond acceptors (Lipinski definition) is 5. The van der Waals surface area contributed by atoms with Gasteiger partial charge >= 0.3 is 6.18 Å². The number of nitrogens with one attached hydrogen (secondary N) is 2. The Balaban J connectivity index is 2.18. The summed E-state index contributed by atoms with van der Waals surface area (Å²) >= 11 is 2.22. The van der Waals surface area contributed by atoms with Crippen LogP contribution in [0, 0.1) is 0 Å². The maximum absolute atomic E-state index is 12.0. The predicted octanol–water partition coefficient (Wildman–Crippen LogP) is 1.11. The fourth-order valence-corrected chi connectivity index (χ4v) is 2.80. The number of aromatic nitrogens is 2. The minimum absolute atomic E-state index is 0.159. The molecule has 0 saturated heterocycles. The number of anilines is 1. The Labute approximate surface area is 112 Å². The highest BCUT2D eigenvalue weighted by Crippen LogP contribution is 2.21. The topological polar surface area (TPSA) is 57.8 Å². The molecule has 2 aromatic rings. The smallest absolute Gasteiger partial charge is 0.352 e. The molecule has 2 aromatic heterocycles. The average Bonchev–Trinajstić information content (AvgIpc) is 2.83. The normalized spacial score (nSPS) is 12.9. The summed E-state index contributed by atoms with van der Waals surface area (Å²) in [6.07, 6.45) is -1.32. The Morgan fingerprint density at radius 1 is 1.47 bits per heavy atom. The standard InChI is InChI=1S/C10H8F3N3OS2/c1-5-16-8(17)7(18-5)2-6-3-14-9(19-6)15-4-10(11,12)13/h2-3H,1,4H2,(H,14,15)(H,16,17)/b7-2-. The summed E-state index contributed by atoms with van der Waals surface area (Å²) in [7, 11) is 0. The molecule has 0 saturated carbocycles. The van der Waals surface area contributed by atoms with Gasteiger partial charge in [0.15, 0.2) is 5.13 Å². The lowest BCUT2D eigenvalue weighted by molar-refractivity contribution is -0.115. The second kappa shape index (κ2) is 5.17. The summed E-state index contributed by atoms with van der Waals surface area (Å²) in [5, 5.41) is 2.34. The van der Waals surface area contributed by atoms with Crippen LogP contribution in [0.2, 0.25) is 0 Å². The molecule has 2 N–H and O–H groups in total. The van der Waals surface area contributed by atoms with Crippen molar-refractivity contribution in [2.75, 3.05) is 11.9 Å². The van der Waals surface area contributed by atoms with Gasteiger partial charge in [0.1, 0.15) is 6.54 Å². The maximum atomic E-state index is 12.0. The summed E-state index contributed by atoms with van der Waals surface area (Å²) in [4.78, 5) is 18.3. The lowest BCUT2D eigenvalue weighted by Gasteiger charge is -2.05. The molecule has 4 nitrogen and oxygen atoms in total. The van der Waals surface area contributed by atoms with Crippen LogP contribution in [0.5, 0.6) is 0 Å². The summed E-state index contributed by atoms with van der Waals surface area (Å²) in [6.45, 7) is 2.46. The Bertz CT molecular complexity index is 728. The highest BCUT2D eigenvalue weighted by atomic mass is 32.1. The SMILES string of the molecule is C=c1[nH]c(=O)/c(=C/c2cnc(NCC(F)(F)F)s2)s1. The molecular formula is C10H8F3N3OS2. The maximum Gasteiger partial charge on any atom is 0.405 e. The average molecular weight is 307 g/mol. The van der Waals surface area contributed by atoms with E-state index in [9.17, 15) is 18.0 Å². The van der Waals surface area contributed by atoms with Crippen LogP contribution in [0.3, 0.4) is 0 Å². The van der Waals surface area contributed by atoms with Crippen LogP contribution in [0.4, 0.5) is 18.3 Å². The number of thiazole rings is 2. The molecule has 0 amide bonds. The summed E-state index contributed by atoms with van der Waals surface area (Å²) < 4.78 is 37.0. The first kappa shape index (κ1) is 13.8. The molecule has 0 fully saturated rings. The van der Waals surface area contributed by atoms with Crippen molar-refractivity contribution in [2.45, 2.75) is 6.18 Å². The molecule has 0 atom stereocenters. The number of hydrogen-bond donors (Lipinski definition) is 2. The van der Waals surface area contributed by atoms with Crippen LogP contribution in [-0.2, 0) is 0 Å². The van der Waals surface area contributed by atoms with Gasteiger partial charge in [-0.1, -0.05) is 17.9 Å². The van der Waals surface area contributed by atoms with E-state index >= 15 is 0 Å². The van der Waals surface area contributed by atoms with Gasteiger partial charge in [0.2, 0.25) is 0 Å². The zero-order valence-electron chi connectivity index (χ0n) is 9.37. The fraction of sp³-hybridized carbons (Fsp3) is 0.200. The lowest BCUT2D eigenvalue weighted by Crippen LogP contribution is -2.21. The summed E-state index contributed by atoms with van der Waals surface area (Å²) in [5.74, 6) is 0. The molecule has 2 rings (SSSR count). The largest absolute Gasteiger partial charge is 0.405 e. The Morgan fingerprint density at radius 2 is 2.21 bits per heavy atom. The van der Waals surface area contributed by atoms with Gasteiger partial charge in [0.25, 0.3) is 5.56 Å². The minimum atomic E-state index is -4.29. The van der Waals surface area contributed by atoms with Crippen LogP contribution < -0.4 is 20.1 Å². The number of H-pyrrole nitrogens is 1. The van der Waals surface area contributed by atoms with Gasteiger partial charge in [0, 0.05) is 6.20 Å². The van der Waals surface area contributed by atoms with E-state index in [1.807, 2.05) is 0 Å². The summed E-state index contributed by atoms with van der Waals surface area (Å²) in [5.41, 5.74) is -0.270. The number of alkyl halides is 3. The second-order valence-corrected chi connectivity index (χ2v) is 5.72. The van der Waals surface area contributed by atoms with E-state index in [0.29, 0.717) is 14.1 Å². The number of rotatable bonds is 3. The van der Waals surface area contributed by atoms with Crippen LogP contribution in [0.1, 0.15) is 4.88 Å². The molecule has 0 aliphatic carbocycles. The quantitative estimate of drug-likeness (QED) is 0.893. The first-order valence-corrected chi connectivity index (χ1v) is 6.63. The number of nitrogens with zero attached hydrogens (tertiary/aromatic N) is 1. The van der Waals surface area contributed by atoms with Gasteiger partial charge in [0.05, 0.1) is 14.1 Å². The molecule has 0 bridgehead atoms. The Morgan fingerprint density at radius 3 is 2.79 bits per heavy atom. The molecule has 19 heavy (non-hydrogen) atoms. The van der Waals surface area contributed by atoms with Crippen LogP contribution in [-0.4, -0.2) is 22.7 Å². The van der Waals surface area contributed by atoms with E-state index in [-0.39, 0.29) is 10.7 Å². The lowest BCUT2D eigenvalue weighted by atomic mass is 10.5. The molecular weight excluding hydrogens is 299 g/mol. The van der Waals surface area contributed by atoms with Crippen molar-refractivity contribution in [1.82, 2.24) is 9.97 Å². The number of halogens is 3. The van der Waals surface area contributed by atoms with E-state index in [2.05, 4.69) is 21.9 Å². The molecule has 0 radical (unpaired) electrons. The van der Waals surface area contributed by atoms with Gasteiger partial charge < -0.3 is 10.3 Å². The Kier molecular flexibility index (Phi) is 3.76. The van der Waals surface area contributed by atoms with Crippen molar-refractivity contribution < 1.29 is 13.2 Å². The van der Waals surface area contributed by atoms with E-state index in [0.717, 1.165) is 11.3 Å². The molecule has 0 aliphatic rings. The highest BCUT2D eigenvalue weighted by Gasteiger charge is 2.26. The van der Waals surface area contributed by atoms with Crippen molar-refractivity contribution in [3.63, 3.8) is 0 Å². The zero-order chi connectivity index (χ0) is 14.0. The van der Waals surface area contributed by atoms with Crippen LogP contribution in [0.25, 0.3) is 12.7 Å². The number of aromatic amines is 1. The van der Waals surface area contributed by atoms with Crippen molar-refractivity contribution in [3.05, 3.63) is 30.6 Å². The fourth-order valence-electron chi connectivity index (χ4n) is 1.23. The zero-order valence-corrected chi connectivity index (χ0v) is 11.0. The van der Waals surface area contributed by atoms with Gasteiger partial charge in [-0.3, -0.25) is 4.79 Å². The van der Waals surface area contributed by atoms with Crippen molar-refractivity contribution in [3.8, 4) is 0 Å². The summed E-state index contributed by atoms with van der Waals surface area (Å²) in [6, 6.07) is 0. The van der Waals surface area contributed by atoms with Crippen LogP contribution >= 0.6 is 22.7 Å². The van der Waals surface area contributed by atoms with Gasteiger partial charge in [-0.25, -0.2) is 4.98 Å². The van der Waals surface area contributed by atoms with Gasteiger partial charge in [-0.2, -0.15) is 13.2 Å². The first-order valence-electron chi connectivity index (χ1n) is 5.00. The van der Waals surface area contributed by atoms with Crippen molar-refractivity contribution in [2.24, 2.45) is 0 Å². The van der Waals surface area contributed by atoms with E-state index < -0.39 is 12.7 Å². The third kappa shape index (κ3) is 3.93. The van der Waals surface area contributed by atoms with Crippen molar-refractivity contribution >= 4 is 40.5 Å². The van der Waals surface area contributed by atoms with E-state index in [1.54, 1.807) is 6.08 Å². The van der Waals surface area contributed by atoms with E-state index in [1.165, 1.54) is 17.5 Å². The third-order valence-electron chi connectivity index (χ3n) is 1.95.